The molecule has 0 aromatic carbocycles. The molecule has 72 valence electrons. The summed E-state index contributed by atoms with van der Waals surface area (Å²) in [6, 6.07) is 1.80. The molecule has 0 unspecified atom stereocenters. The number of thiophene rings is 1. The van der Waals surface area contributed by atoms with Crippen molar-refractivity contribution in [2.24, 2.45) is 0 Å². The van der Waals surface area contributed by atoms with Crippen molar-refractivity contribution >= 4 is 17.3 Å². The van der Waals surface area contributed by atoms with Crippen molar-refractivity contribution in [3.8, 4) is 0 Å². The van der Waals surface area contributed by atoms with Crippen LogP contribution >= 0.6 is 11.3 Å². The Hall–Kier alpha value is -0.870. The molecule has 1 rings (SSSR count). The number of hydrogen-bond donors (Lipinski definition) is 1. The van der Waals surface area contributed by atoms with Crippen LogP contribution < -0.4 is 0 Å². The summed E-state index contributed by atoms with van der Waals surface area (Å²) in [4.78, 5) is 11.0. The summed E-state index contributed by atoms with van der Waals surface area (Å²) in [5.74, 6) is -0.360. The van der Waals surface area contributed by atoms with Gasteiger partial charge in [-0.1, -0.05) is 0 Å². The molecule has 1 heterocycles. The molecule has 4 heteroatoms. The van der Waals surface area contributed by atoms with Crippen molar-refractivity contribution < 1.29 is 14.6 Å². The first-order chi connectivity index (χ1) is 6.24. The highest BCUT2D eigenvalue weighted by Crippen LogP contribution is 2.19. The van der Waals surface area contributed by atoms with Gasteiger partial charge in [-0.3, -0.25) is 4.79 Å². The van der Waals surface area contributed by atoms with Gasteiger partial charge in [0, 0.05) is 0 Å². The quantitative estimate of drug-likeness (QED) is 0.753. The van der Waals surface area contributed by atoms with Gasteiger partial charge in [-0.2, -0.15) is 11.3 Å². The molecule has 0 radical (unpaired) electrons. The topological polar surface area (TPSA) is 46.5 Å². The minimum Gasteiger partial charge on any atom is -0.466 e. The van der Waals surface area contributed by atoms with Crippen LogP contribution in [0.2, 0.25) is 0 Å². The molecule has 1 atom stereocenters. The van der Waals surface area contributed by atoms with Crippen LogP contribution in [0.4, 0.5) is 0 Å². The first kappa shape index (κ1) is 10.2. The molecule has 0 amide bonds. The van der Waals surface area contributed by atoms with E-state index in [9.17, 15) is 9.90 Å². The van der Waals surface area contributed by atoms with Crippen LogP contribution in [0, 0.1) is 0 Å². The van der Waals surface area contributed by atoms with E-state index in [2.05, 4.69) is 0 Å². The Morgan fingerprint density at radius 3 is 3.08 bits per heavy atom. The highest BCUT2D eigenvalue weighted by atomic mass is 32.1. The van der Waals surface area contributed by atoms with E-state index in [0.717, 1.165) is 5.56 Å². The van der Waals surface area contributed by atoms with E-state index in [-0.39, 0.29) is 12.4 Å². The zero-order valence-corrected chi connectivity index (χ0v) is 8.21. The number of rotatable bonds is 4. The minimum atomic E-state index is -0.731. The van der Waals surface area contributed by atoms with Gasteiger partial charge in [0.1, 0.15) is 0 Å². The van der Waals surface area contributed by atoms with E-state index >= 15 is 0 Å². The summed E-state index contributed by atoms with van der Waals surface area (Å²) in [7, 11) is 0. The van der Waals surface area contributed by atoms with Crippen LogP contribution in [0.5, 0.6) is 0 Å². The monoisotopic (exact) mass is 200 g/mol. The number of esters is 1. The zero-order chi connectivity index (χ0) is 9.68. The van der Waals surface area contributed by atoms with E-state index in [0.29, 0.717) is 6.61 Å². The molecule has 13 heavy (non-hydrogen) atoms. The van der Waals surface area contributed by atoms with Crippen LogP contribution in [-0.4, -0.2) is 17.7 Å². The Morgan fingerprint density at radius 1 is 1.77 bits per heavy atom. The lowest BCUT2D eigenvalue weighted by Crippen LogP contribution is -2.09. The van der Waals surface area contributed by atoms with Crippen LogP contribution in [0.1, 0.15) is 25.0 Å². The van der Waals surface area contributed by atoms with Crippen LogP contribution in [-0.2, 0) is 9.53 Å². The normalized spacial score (nSPS) is 12.5. The van der Waals surface area contributed by atoms with Gasteiger partial charge in [0.15, 0.2) is 0 Å². The van der Waals surface area contributed by atoms with Crippen molar-refractivity contribution in [3.63, 3.8) is 0 Å². The van der Waals surface area contributed by atoms with E-state index in [4.69, 9.17) is 4.74 Å². The van der Waals surface area contributed by atoms with E-state index in [1.807, 2.05) is 10.8 Å². The van der Waals surface area contributed by atoms with Crippen molar-refractivity contribution in [1.29, 1.82) is 0 Å². The third-order valence-corrected chi connectivity index (χ3v) is 2.29. The number of hydrogen-bond acceptors (Lipinski definition) is 4. The molecule has 1 aromatic heterocycles. The number of aliphatic hydroxyl groups is 1. The van der Waals surface area contributed by atoms with Gasteiger partial charge in [0.25, 0.3) is 0 Å². The first-order valence-electron chi connectivity index (χ1n) is 4.09. The Morgan fingerprint density at radius 2 is 2.54 bits per heavy atom. The molecule has 0 bridgehead atoms. The molecule has 0 fully saturated rings. The highest BCUT2D eigenvalue weighted by molar-refractivity contribution is 7.07. The molecule has 3 nitrogen and oxygen atoms in total. The second kappa shape index (κ2) is 4.99. The molecule has 1 N–H and O–H groups in total. The summed E-state index contributed by atoms with van der Waals surface area (Å²) in [5, 5.41) is 13.2. The summed E-state index contributed by atoms with van der Waals surface area (Å²) < 4.78 is 4.72. The summed E-state index contributed by atoms with van der Waals surface area (Å²) in [6.45, 7) is 2.10. The molecule has 0 saturated carbocycles. The minimum absolute atomic E-state index is 0.0323. The van der Waals surface area contributed by atoms with Crippen LogP contribution in [0.3, 0.4) is 0 Å². The lowest BCUT2D eigenvalue weighted by atomic mass is 10.1. The number of aliphatic hydroxyl groups excluding tert-OH is 1. The predicted octanol–water partition coefficient (Wildman–Crippen LogP) is 1.73. The Bertz CT molecular complexity index is 256. The number of ether oxygens (including phenoxy) is 1. The summed E-state index contributed by atoms with van der Waals surface area (Å²) in [5.41, 5.74) is 0.776. The lowest BCUT2D eigenvalue weighted by Gasteiger charge is -2.07. The highest BCUT2D eigenvalue weighted by Gasteiger charge is 2.13. The maximum absolute atomic E-state index is 11.0. The fourth-order valence-electron chi connectivity index (χ4n) is 0.960. The van der Waals surface area contributed by atoms with Gasteiger partial charge in [-0.15, -0.1) is 0 Å². The van der Waals surface area contributed by atoms with Gasteiger partial charge >= 0.3 is 5.97 Å². The average Bonchev–Trinajstić information content (AvgIpc) is 2.55. The smallest absolute Gasteiger partial charge is 0.308 e. The van der Waals surface area contributed by atoms with Gasteiger partial charge in [0.2, 0.25) is 0 Å². The number of carbonyl (C=O) groups is 1. The Labute approximate surface area is 81.0 Å². The summed E-state index contributed by atoms with van der Waals surface area (Å²) >= 11 is 1.50. The maximum Gasteiger partial charge on any atom is 0.308 e. The van der Waals surface area contributed by atoms with Gasteiger partial charge in [0.05, 0.1) is 19.1 Å². The van der Waals surface area contributed by atoms with Gasteiger partial charge in [-0.25, -0.2) is 0 Å². The maximum atomic E-state index is 11.0. The number of carbonyl (C=O) groups excluding carboxylic acids is 1. The average molecular weight is 200 g/mol. The largest absolute Gasteiger partial charge is 0.466 e. The van der Waals surface area contributed by atoms with Gasteiger partial charge in [-0.05, 0) is 29.3 Å². The second-order valence-corrected chi connectivity index (χ2v) is 3.36. The Balaban J connectivity index is 2.42. The SMILES string of the molecule is CCOC(=O)C[C@H](O)c1ccsc1. The second-order valence-electron chi connectivity index (χ2n) is 2.58. The molecule has 0 aliphatic heterocycles. The molecular formula is C9H12O3S. The standard InChI is InChI=1S/C9H12O3S/c1-2-12-9(11)5-8(10)7-3-4-13-6-7/h3-4,6,8,10H,2,5H2,1H3/t8-/m0/s1. The van der Waals surface area contributed by atoms with Crippen LogP contribution in [0.15, 0.2) is 16.8 Å². The molecule has 0 saturated heterocycles. The predicted molar refractivity (Wildman–Crippen MR) is 50.5 cm³/mol. The molecule has 1 aromatic rings. The van der Waals surface area contributed by atoms with Crippen LogP contribution in [0.25, 0.3) is 0 Å². The molecular weight excluding hydrogens is 188 g/mol. The third kappa shape index (κ3) is 3.16. The van der Waals surface area contributed by atoms with E-state index in [1.165, 1.54) is 11.3 Å². The van der Waals surface area contributed by atoms with Crippen molar-refractivity contribution in [2.75, 3.05) is 6.61 Å². The fraction of sp³-hybridized carbons (Fsp3) is 0.444. The Kier molecular flexibility index (Phi) is 3.92. The van der Waals surface area contributed by atoms with Crippen molar-refractivity contribution in [3.05, 3.63) is 22.4 Å². The molecule has 0 aliphatic rings. The fourth-order valence-corrected chi connectivity index (χ4v) is 1.67. The molecule has 0 aliphatic carbocycles. The van der Waals surface area contributed by atoms with E-state index < -0.39 is 6.10 Å². The third-order valence-electron chi connectivity index (χ3n) is 1.59. The zero-order valence-electron chi connectivity index (χ0n) is 7.40. The molecule has 0 spiro atoms. The first-order valence-corrected chi connectivity index (χ1v) is 5.04. The van der Waals surface area contributed by atoms with Crippen molar-refractivity contribution in [2.45, 2.75) is 19.4 Å². The lowest BCUT2D eigenvalue weighted by molar-refractivity contribution is -0.145. The van der Waals surface area contributed by atoms with Crippen molar-refractivity contribution in [1.82, 2.24) is 0 Å². The summed E-state index contributed by atoms with van der Waals surface area (Å²) in [6.07, 6.45) is -0.699. The van der Waals surface area contributed by atoms with Gasteiger partial charge < -0.3 is 9.84 Å². The van der Waals surface area contributed by atoms with E-state index in [1.54, 1.807) is 13.0 Å².